The number of hydrogen-bond acceptors (Lipinski definition) is 5. The van der Waals surface area contributed by atoms with Crippen molar-refractivity contribution in [2.24, 2.45) is 11.8 Å². The smallest absolute Gasteiger partial charge is 0.258 e. The molecule has 2 aromatic rings. The lowest BCUT2D eigenvalue weighted by Crippen LogP contribution is -2.61. The predicted molar refractivity (Wildman–Crippen MR) is 98.1 cm³/mol. The number of fused-ring (bicyclic) bond motifs is 5. The Morgan fingerprint density at radius 3 is 2.96 bits per heavy atom. The van der Waals surface area contributed by atoms with Crippen molar-refractivity contribution in [3.63, 3.8) is 0 Å². The molecular formula is C20H24N4O3. The van der Waals surface area contributed by atoms with Crippen LogP contribution in [0.25, 0.3) is 11.1 Å². The first-order valence-corrected chi connectivity index (χ1v) is 9.83. The van der Waals surface area contributed by atoms with Crippen LogP contribution in [0.2, 0.25) is 0 Å². The molecule has 142 valence electrons. The molecule has 5 rings (SSSR count). The third kappa shape index (κ3) is 2.63. The first-order valence-electron chi connectivity index (χ1n) is 9.83. The summed E-state index contributed by atoms with van der Waals surface area (Å²) in [7, 11) is 0. The minimum Gasteiger partial charge on any atom is -0.339 e. The fourth-order valence-electron chi connectivity index (χ4n) is 5.33. The lowest BCUT2D eigenvalue weighted by atomic mass is 9.76. The van der Waals surface area contributed by atoms with Crippen LogP contribution in [0.15, 0.2) is 10.6 Å². The summed E-state index contributed by atoms with van der Waals surface area (Å²) in [6.45, 7) is 5.93. The number of pyridine rings is 1. The monoisotopic (exact) mass is 368 g/mol. The average molecular weight is 368 g/mol. The van der Waals surface area contributed by atoms with Gasteiger partial charge in [0.2, 0.25) is 5.91 Å². The van der Waals surface area contributed by atoms with Crippen molar-refractivity contribution in [1.82, 2.24) is 19.9 Å². The van der Waals surface area contributed by atoms with E-state index in [0.29, 0.717) is 53.7 Å². The van der Waals surface area contributed by atoms with Crippen LogP contribution in [-0.4, -0.2) is 57.4 Å². The van der Waals surface area contributed by atoms with Gasteiger partial charge < -0.3 is 14.3 Å². The summed E-state index contributed by atoms with van der Waals surface area (Å²) in [5.74, 6) is 1.08. The third-order valence-corrected chi connectivity index (χ3v) is 6.44. The molecule has 0 radical (unpaired) electrons. The highest BCUT2D eigenvalue weighted by atomic mass is 16.5. The van der Waals surface area contributed by atoms with Crippen molar-refractivity contribution in [3.05, 3.63) is 23.0 Å². The zero-order chi connectivity index (χ0) is 18.7. The van der Waals surface area contributed by atoms with E-state index in [2.05, 4.69) is 15.0 Å². The maximum absolute atomic E-state index is 13.4. The third-order valence-electron chi connectivity index (χ3n) is 6.44. The normalized spacial score (nSPS) is 27.8. The minimum atomic E-state index is 0.0297. The molecule has 2 bridgehead atoms. The highest BCUT2D eigenvalue weighted by Crippen LogP contribution is 2.38. The highest BCUT2D eigenvalue weighted by molar-refractivity contribution is 6.06. The molecule has 0 spiro atoms. The first-order chi connectivity index (χ1) is 13.0. The molecule has 3 saturated heterocycles. The van der Waals surface area contributed by atoms with Crippen LogP contribution in [-0.2, 0) is 4.79 Å². The Bertz CT molecular complexity index is 937. The van der Waals surface area contributed by atoms with E-state index in [4.69, 9.17) is 4.52 Å². The van der Waals surface area contributed by atoms with Crippen molar-refractivity contribution >= 4 is 22.9 Å². The van der Waals surface area contributed by atoms with E-state index in [0.717, 1.165) is 43.4 Å². The van der Waals surface area contributed by atoms with Crippen LogP contribution in [0, 0.1) is 25.7 Å². The molecule has 0 aromatic carbocycles. The van der Waals surface area contributed by atoms with E-state index in [9.17, 15) is 9.59 Å². The summed E-state index contributed by atoms with van der Waals surface area (Å²) in [6.07, 6.45) is 3.84. The molecule has 3 aliphatic heterocycles. The Morgan fingerprint density at radius 1 is 1.26 bits per heavy atom. The number of aromatic nitrogens is 2. The number of piperidine rings is 3. The maximum Gasteiger partial charge on any atom is 0.258 e. The summed E-state index contributed by atoms with van der Waals surface area (Å²) >= 11 is 0. The van der Waals surface area contributed by atoms with Crippen molar-refractivity contribution in [1.29, 1.82) is 0 Å². The second kappa shape index (κ2) is 6.04. The van der Waals surface area contributed by atoms with E-state index in [1.165, 1.54) is 0 Å². The molecule has 3 unspecified atom stereocenters. The maximum atomic E-state index is 13.4. The van der Waals surface area contributed by atoms with Gasteiger partial charge in [-0.1, -0.05) is 5.16 Å². The first kappa shape index (κ1) is 16.7. The Kier molecular flexibility index (Phi) is 3.74. The number of aryl methyl sites for hydroxylation is 2. The lowest BCUT2D eigenvalue weighted by Gasteiger charge is -2.52. The van der Waals surface area contributed by atoms with Gasteiger partial charge in [0, 0.05) is 37.8 Å². The fourth-order valence-corrected chi connectivity index (χ4v) is 5.33. The molecule has 2 amide bonds. The van der Waals surface area contributed by atoms with Crippen molar-refractivity contribution in [2.45, 2.75) is 45.6 Å². The topological polar surface area (TPSA) is 79.5 Å². The van der Waals surface area contributed by atoms with Gasteiger partial charge in [0.15, 0.2) is 0 Å². The van der Waals surface area contributed by atoms with Gasteiger partial charge in [-0.3, -0.25) is 9.59 Å². The number of carbonyl (C=O) groups excluding carboxylic acids is 2. The van der Waals surface area contributed by atoms with Crippen molar-refractivity contribution < 1.29 is 14.1 Å². The molecule has 3 atom stereocenters. The van der Waals surface area contributed by atoms with Crippen LogP contribution >= 0.6 is 0 Å². The second-order valence-electron chi connectivity index (χ2n) is 8.34. The van der Waals surface area contributed by atoms with Gasteiger partial charge in [-0.25, -0.2) is 4.98 Å². The molecule has 0 saturated carbocycles. The Hall–Kier alpha value is -2.44. The van der Waals surface area contributed by atoms with Crippen molar-refractivity contribution in [3.8, 4) is 0 Å². The standard InChI is InChI=1S/C20H24N4O3/c1-11-6-15(18-12(2)22-27-19(18)21-11)20(26)23-8-13-7-14(10-23)16-4-3-5-17(25)24(16)9-13/h6,13-14,16H,3-5,7-10H2,1-2H3. The zero-order valence-corrected chi connectivity index (χ0v) is 15.8. The SMILES string of the molecule is Cc1cc(C(=O)N2CC3CC(C2)C2CCCC(=O)N2C3)c2c(C)noc2n1. The molecule has 2 aromatic heterocycles. The molecule has 7 heteroatoms. The lowest BCUT2D eigenvalue weighted by molar-refractivity contribution is -0.144. The number of amides is 2. The van der Waals surface area contributed by atoms with Gasteiger partial charge in [-0.05, 0) is 51.0 Å². The van der Waals surface area contributed by atoms with Gasteiger partial charge in [-0.15, -0.1) is 0 Å². The molecule has 0 aliphatic carbocycles. The summed E-state index contributed by atoms with van der Waals surface area (Å²) in [4.78, 5) is 34.2. The average Bonchev–Trinajstić information content (AvgIpc) is 3.02. The summed E-state index contributed by atoms with van der Waals surface area (Å²) in [5.41, 5.74) is 2.51. The molecule has 5 heterocycles. The molecule has 3 fully saturated rings. The van der Waals surface area contributed by atoms with Gasteiger partial charge in [-0.2, -0.15) is 0 Å². The quantitative estimate of drug-likeness (QED) is 0.772. The Morgan fingerprint density at radius 2 is 2.11 bits per heavy atom. The zero-order valence-electron chi connectivity index (χ0n) is 15.8. The van der Waals surface area contributed by atoms with Crippen LogP contribution in [0.3, 0.4) is 0 Å². The summed E-state index contributed by atoms with van der Waals surface area (Å²) < 4.78 is 5.29. The van der Waals surface area contributed by atoms with Crippen LogP contribution in [0.5, 0.6) is 0 Å². The molecule has 3 aliphatic rings. The summed E-state index contributed by atoms with van der Waals surface area (Å²) in [5, 5.41) is 4.71. The van der Waals surface area contributed by atoms with Gasteiger partial charge >= 0.3 is 0 Å². The van der Waals surface area contributed by atoms with Crippen LogP contribution in [0.4, 0.5) is 0 Å². The second-order valence-corrected chi connectivity index (χ2v) is 8.34. The van der Waals surface area contributed by atoms with Gasteiger partial charge in [0.25, 0.3) is 11.6 Å². The largest absolute Gasteiger partial charge is 0.339 e. The predicted octanol–water partition coefficient (Wildman–Crippen LogP) is 2.31. The molecule has 7 nitrogen and oxygen atoms in total. The van der Waals surface area contributed by atoms with Gasteiger partial charge in [0.05, 0.1) is 16.6 Å². The Labute approximate surface area is 157 Å². The van der Waals surface area contributed by atoms with Crippen molar-refractivity contribution in [2.75, 3.05) is 19.6 Å². The number of hydrogen-bond donors (Lipinski definition) is 0. The van der Waals surface area contributed by atoms with E-state index in [1.807, 2.05) is 24.8 Å². The number of rotatable bonds is 1. The molecule has 0 N–H and O–H groups in total. The van der Waals surface area contributed by atoms with E-state index >= 15 is 0 Å². The van der Waals surface area contributed by atoms with E-state index < -0.39 is 0 Å². The molecule has 27 heavy (non-hydrogen) atoms. The van der Waals surface area contributed by atoms with Crippen LogP contribution in [0.1, 0.15) is 47.4 Å². The van der Waals surface area contributed by atoms with Gasteiger partial charge in [0.1, 0.15) is 0 Å². The Balaban J connectivity index is 1.46. The van der Waals surface area contributed by atoms with E-state index in [1.54, 1.807) is 0 Å². The fraction of sp³-hybridized carbons (Fsp3) is 0.600. The number of likely N-dealkylation sites (tertiary alicyclic amines) is 1. The number of carbonyl (C=O) groups is 2. The highest BCUT2D eigenvalue weighted by Gasteiger charge is 2.45. The number of nitrogens with zero attached hydrogens (tertiary/aromatic N) is 4. The minimum absolute atomic E-state index is 0.0297. The summed E-state index contributed by atoms with van der Waals surface area (Å²) in [6, 6.07) is 2.14. The molecular weight excluding hydrogens is 344 g/mol. The van der Waals surface area contributed by atoms with E-state index in [-0.39, 0.29) is 5.91 Å². The van der Waals surface area contributed by atoms with Crippen LogP contribution < -0.4 is 0 Å².